The predicted molar refractivity (Wildman–Crippen MR) is 103 cm³/mol. The molecule has 3 fully saturated rings. The van der Waals surface area contributed by atoms with E-state index in [1.807, 2.05) is 34.6 Å². The van der Waals surface area contributed by atoms with Gasteiger partial charge in [-0.05, 0) is 40.5 Å². The van der Waals surface area contributed by atoms with Crippen molar-refractivity contribution in [2.75, 3.05) is 6.79 Å². The molecular weight excluding hydrogens is 467 g/mol. The molecule has 2 saturated carbocycles. The van der Waals surface area contributed by atoms with Gasteiger partial charge in [0, 0.05) is 11.8 Å². The topological polar surface area (TPSA) is 88.1 Å². The highest BCUT2D eigenvalue weighted by Gasteiger charge is 2.70. The van der Waals surface area contributed by atoms with E-state index in [4.69, 9.17) is 18.9 Å². The Morgan fingerprint density at radius 2 is 1.89 bits per heavy atom. The molecule has 7 nitrogen and oxygen atoms in total. The van der Waals surface area contributed by atoms with Crippen LogP contribution >= 0.6 is 22.6 Å². The molecule has 152 valence electrons. The molecule has 0 aromatic carbocycles. The lowest BCUT2D eigenvalue weighted by Gasteiger charge is -2.32. The number of alkyl halides is 1. The maximum Gasteiger partial charge on any atom is 0.322 e. The van der Waals surface area contributed by atoms with E-state index in [0.29, 0.717) is 12.8 Å². The summed E-state index contributed by atoms with van der Waals surface area (Å²) in [6.07, 6.45) is 0.209. The van der Waals surface area contributed by atoms with Gasteiger partial charge < -0.3 is 18.9 Å². The summed E-state index contributed by atoms with van der Waals surface area (Å²) in [4.78, 5) is 37.5. The summed E-state index contributed by atoms with van der Waals surface area (Å²) in [5, 5.41) is 0. The van der Waals surface area contributed by atoms with Crippen molar-refractivity contribution in [1.29, 1.82) is 0 Å². The maximum absolute atomic E-state index is 12.7. The third kappa shape index (κ3) is 3.83. The van der Waals surface area contributed by atoms with Crippen LogP contribution in [-0.4, -0.2) is 45.9 Å². The van der Waals surface area contributed by atoms with Crippen LogP contribution in [-0.2, 0) is 33.3 Å². The summed E-state index contributed by atoms with van der Waals surface area (Å²) in [7, 11) is 0. The lowest BCUT2D eigenvalue weighted by atomic mass is 9.78. The van der Waals surface area contributed by atoms with Gasteiger partial charge in [-0.2, -0.15) is 0 Å². The van der Waals surface area contributed by atoms with Gasteiger partial charge in [0.05, 0.1) is 17.4 Å². The highest BCUT2D eigenvalue weighted by atomic mass is 127. The monoisotopic (exact) mass is 494 g/mol. The third-order valence-corrected chi connectivity index (χ3v) is 7.05. The van der Waals surface area contributed by atoms with Crippen LogP contribution in [0.5, 0.6) is 0 Å². The lowest BCUT2D eigenvalue weighted by molar-refractivity contribution is -0.180. The van der Waals surface area contributed by atoms with Crippen molar-refractivity contribution in [3.05, 3.63) is 0 Å². The number of carbonyl (C=O) groups excluding carboxylic acids is 3. The minimum atomic E-state index is -0.655. The lowest BCUT2D eigenvalue weighted by Crippen LogP contribution is -2.46. The zero-order chi connectivity index (χ0) is 20.1. The molecule has 0 radical (unpaired) electrons. The summed E-state index contributed by atoms with van der Waals surface area (Å²) in [5.41, 5.74) is -0.435. The Morgan fingerprint density at radius 1 is 1.22 bits per heavy atom. The highest BCUT2D eigenvalue weighted by Crippen LogP contribution is 2.59. The smallest absolute Gasteiger partial charge is 0.322 e. The molecule has 0 aromatic heterocycles. The van der Waals surface area contributed by atoms with Crippen LogP contribution in [0.2, 0.25) is 0 Å². The van der Waals surface area contributed by atoms with Crippen molar-refractivity contribution in [3.63, 3.8) is 0 Å². The van der Waals surface area contributed by atoms with Gasteiger partial charge in [0.1, 0.15) is 15.6 Å². The van der Waals surface area contributed by atoms with Gasteiger partial charge in [-0.15, -0.1) is 0 Å². The molecule has 0 amide bonds. The number of fused-ring (bicyclic) bond motifs is 1. The number of carbonyl (C=O) groups is 3. The number of hydrogen-bond donors (Lipinski definition) is 0. The first kappa shape index (κ1) is 20.8. The molecule has 27 heavy (non-hydrogen) atoms. The van der Waals surface area contributed by atoms with Gasteiger partial charge in [0.15, 0.2) is 6.79 Å². The molecule has 7 atom stereocenters. The van der Waals surface area contributed by atoms with Crippen molar-refractivity contribution in [2.24, 2.45) is 23.7 Å². The van der Waals surface area contributed by atoms with Crippen molar-refractivity contribution in [3.8, 4) is 0 Å². The number of rotatable bonds is 6. The van der Waals surface area contributed by atoms with E-state index in [0.717, 1.165) is 0 Å². The first-order chi connectivity index (χ1) is 12.5. The van der Waals surface area contributed by atoms with Gasteiger partial charge in [0.2, 0.25) is 0 Å². The average Bonchev–Trinajstić information content (AvgIpc) is 3.16. The molecule has 0 aromatic rings. The van der Waals surface area contributed by atoms with Gasteiger partial charge in [-0.1, -0.05) is 29.5 Å². The molecule has 0 spiro atoms. The van der Waals surface area contributed by atoms with Crippen LogP contribution in [0.4, 0.5) is 0 Å². The second-order valence-corrected chi connectivity index (χ2v) is 11.2. The molecule has 1 heterocycles. The molecule has 1 aliphatic heterocycles. The average molecular weight is 494 g/mol. The van der Waals surface area contributed by atoms with Crippen LogP contribution in [0.25, 0.3) is 0 Å². The van der Waals surface area contributed by atoms with Crippen molar-refractivity contribution < 1.29 is 33.3 Å². The highest BCUT2D eigenvalue weighted by molar-refractivity contribution is 14.1. The molecule has 3 rings (SSSR count). The molecule has 8 heteroatoms. The van der Waals surface area contributed by atoms with E-state index in [2.05, 4.69) is 22.6 Å². The number of ether oxygens (including phenoxy) is 4. The van der Waals surface area contributed by atoms with E-state index in [-0.39, 0.29) is 24.6 Å². The van der Waals surface area contributed by atoms with Gasteiger partial charge in [-0.3, -0.25) is 14.4 Å². The molecule has 7 unspecified atom stereocenters. The van der Waals surface area contributed by atoms with Crippen LogP contribution in [0.1, 0.15) is 47.5 Å². The Kier molecular flexibility index (Phi) is 5.53. The Bertz CT molecular complexity index is 638. The standard InChI is InChI=1S/C19H27IO7/c1-6-19(5,20)17(23)27-14-9-7-10-12(16(22)26-13(10)14)11(9)15(21)24-8-25-18(2,3)4/h9-14H,6-8H2,1-5H3. The SMILES string of the molecule is CCC(C)(I)C(=O)OC1C2CC3C1OC(=O)C3C2C(=O)OCOC(C)(C)C. The Balaban J connectivity index is 1.72. The fraction of sp³-hybridized carbons (Fsp3) is 0.842. The second kappa shape index (κ2) is 7.17. The predicted octanol–water partition coefficient (Wildman–Crippen LogP) is 2.63. The third-order valence-electron chi connectivity index (χ3n) is 5.84. The molecule has 3 aliphatic rings. The van der Waals surface area contributed by atoms with Gasteiger partial charge in [0.25, 0.3) is 0 Å². The van der Waals surface area contributed by atoms with Crippen molar-refractivity contribution in [1.82, 2.24) is 0 Å². The minimum absolute atomic E-state index is 0.0940. The van der Waals surface area contributed by atoms with Crippen LogP contribution < -0.4 is 0 Å². The quantitative estimate of drug-likeness (QED) is 0.185. The number of hydrogen-bond acceptors (Lipinski definition) is 7. The van der Waals surface area contributed by atoms with E-state index >= 15 is 0 Å². The van der Waals surface area contributed by atoms with E-state index in [9.17, 15) is 14.4 Å². The normalized spacial score (nSPS) is 36.3. The molecule has 0 N–H and O–H groups in total. The fourth-order valence-corrected chi connectivity index (χ4v) is 4.35. The van der Waals surface area contributed by atoms with Crippen LogP contribution in [0.15, 0.2) is 0 Å². The zero-order valence-corrected chi connectivity index (χ0v) is 18.5. The van der Waals surface area contributed by atoms with Gasteiger partial charge >= 0.3 is 17.9 Å². The fourth-order valence-electron chi connectivity index (χ4n) is 4.22. The summed E-state index contributed by atoms with van der Waals surface area (Å²) in [6, 6.07) is 0. The summed E-state index contributed by atoms with van der Waals surface area (Å²) in [5.74, 6) is -2.72. The zero-order valence-electron chi connectivity index (χ0n) is 16.3. The molecule has 2 bridgehead atoms. The van der Waals surface area contributed by atoms with Crippen LogP contribution in [0.3, 0.4) is 0 Å². The molecule has 1 saturated heterocycles. The first-order valence-electron chi connectivity index (χ1n) is 9.37. The van der Waals surface area contributed by atoms with Gasteiger partial charge in [-0.25, -0.2) is 0 Å². The summed E-state index contributed by atoms with van der Waals surface area (Å²) >= 11 is 2.07. The summed E-state index contributed by atoms with van der Waals surface area (Å²) in [6.45, 7) is 9.13. The largest absolute Gasteiger partial charge is 0.458 e. The van der Waals surface area contributed by atoms with Crippen molar-refractivity contribution in [2.45, 2.75) is 68.7 Å². The second-order valence-electron chi connectivity index (χ2n) is 8.78. The minimum Gasteiger partial charge on any atom is -0.458 e. The number of esters is 3. The Labute approximate surface area is 172 Å². The summed E-state index contributed by atoms with van der Waals surface area (Å²) < 4.78 is 21.3. The molecular formula is C19H27IO7. The van der Waals surface area contributed by atoms with Crippen molar-refractivity contribution >= 4 is 40.5 Å². The van der Waals surface area contributed by atoms with E-state index < -0.39 is 45.0 Å². The van der Waals surface area contributed by atoms with Crippen LogP contribution in [0, 0.1) is 23.7 Å². The first-order valence-corrected chi connectivity index (χ1v) is 10.4. The van der Waals surface area contributed by atoms with E-state index in [1.54, 1.807) is 0 Å². The Morgan fingerprint density at radius 3 is 2.48 bits per heavy atom. The maximum atomic E-state index is 12.7. The number of halogens is 1. The van der Waals surface area contributed by atoms with E-state index in [1.165, 1.54) is 0 Å². The molecule has 2 aliphatic carbocycles. The Hall–Kier alpha value is -0.900.